The van der Waals surface area contributed by atoms with Gasteiger partial charge in [0.25, 0.3) is 0 Å². The summed E-state index contributed by atoms with van der Waals surface area (Å²) in [6, 6.07) is 2.91. The molecular formula is C10H18N4O3S. The van der Waals surface area contributed by atoms with Crippen LogP contribution in [-0.2, 0) is 10.0 Å². The minimum atomic E-state index is -3.61. The zero-order chi connectivity index (χ0) is 13.6. The Hall–Kier alpha value is -1.22. The molecule has 0 aliphatic heterocycles. The van der Waals surface area contributed by atoms with Crippen molar-refractivity contribution in [3.8, 4) is 0 Å². The Morgan fingerprint density at radius 2 is 2.17 bits per heavy atom. The van der Waals surface area contributed by atoms with E-state index in [-0.39, 0.29) is 18.0 Å². The number of nitrogen functional groups attached to an aromatic ring is 1. The molecule has 1 aromatic heterocycles. The molecule has 102 valence electrons. The van der Waals surface area contributed by atoms with Gasteiger partial charge in [-0.05, 0) is 18.6 Å². The number of hydrogen-bond donors (Lipinski definition) is 3. The molecule has 18 heavy (non-hydrogen) atoms. The highest BCUT2D eigenvalue weighted by Crippen LogP contribution is 2.16. The van der Waals surface area contributed by atoms with Gasteiger partial charge in [0.15, 0.2) is 0 Å². The highest BCUT2D eigenvalue weighted by Gasteiger charge is 2.23. The second-order valence-corrected chi connectivity index (χ2v) is 5.59. The van der Waals surface area contributed by atoms with Crippen LogP contribution in [-0.4, -0.2) is 42.5 Å². The van der Waals surface area contributed by atoms with Gasteiger partial charge in [-0.25, -0.2) is 19.2 Å². The van der Waals surface area contributed by atoms with Crippen molar-refractivity contribution in [3.05, 3.63) is 18.3 Å². The topological polar surface area (TPSA) is 109 Å². The summed E-state index contributed by atoms with van der Waals surface area (Å²) in [6.07, 6.45) is 1.92. The number of aliphatic hydroxyl groups is 1. The number of nitrogens with two attached hydrogens (primary N) is 1. The lowest BCUT2D eigenvalue weighted by Gasteiger charge is -2.20. The van der Waals surface area contributed by atoms with Crippen LogP contribution >= 0.6 is 0 Å². The molecule has 0 saturated heterocycles. The molecule has 0 spiro atoms. The van der Waals surface area contributed by atoms with E-state index in [1.54, 1.807) is 0 Å². The van der Waals surface area contributed by atoms with E-state index in [4.69, 9.17) is 10.9 Å². The third kappa shape index (κ3) is 3.39. The van der Waals surface area contributed by atoms with Gasteiger partial charge in [0.05, 0.1) is 6.61 Å². The van der Waals surface area contributed by atoms with Crippen LogP contribution in [0.25, 0.3) is 0 Å². The van der Waals surface area contributed by atoms with Gasteiger partial charge >= 0.3 is 0 Å². The Morgan fingerprint density at radius 1 is 1.44 bits per heavy atom. The quantitative estimate of drug-likeness (QED) is 0.468. The lowest BCUT2D eigenvalue weighted by molar-refractivity contribution is 0.253. The number of hydrazine groups is 1. The smallest absolute Gasteiger partial charge is 0.244 e. The number of aromatic nitrogens is 1. The molecule has 1 rings (SSSR count). The fraction of sp³-hybridized carbons (Fsp3) is 0.500. The average molecular weight is 274 g/mol. The Balaban J connectivity index is 3.01. The number of sulfonamides is 1. The lowest BCUT2D eigenvalue weighted by Crippen LogP contribution is -2.34. The van der Waals surface area contributed by atoms with E-state index < -0.39 is 10.0 Å². The van der Waals surface area contributed by atoms with Crippen molar-refractivity contribution in [2.24, 2.45) is 5.84 Å². The van der Waals surface area contributed by atoms with E-state index in [1.165, 1.54) is 22.6 Å². The first-order valence-corrected chi connectivity index (χ1v) is 7.04. The van der Waals surface area contributed by atoms with Crippen molar-refractivity contribution in [2.45, 2.75) is 18.2 Å². The maximum Gasteiger partial charge on any atom is 0.244 e. The number of nitrogens with zero attached hydrogens (tertiary/aromatic N) is 2. The van der Waals surface area contributed by atoms with E-state index in [2.05, 4.69) is 10.4 Å². The molecule has 1 aromatic rings. The maximum absolute atomic E-state index is 12.2. The molecule has 0 unspecified atom stereocenters. The Kier molecular flexibility index (Phi) is 5.48. The second kappa shape index (κ2) is 6.64. The van der Waals surface area contributed by atoms with E-state index in [0.29, 0.717) is 18.8 Å². The third-order valence-corrected chi connectivity index (χ3v) is 4.23. The highest BCUT2D eigenvalue weighted by molar-refractivity contribution is 7.89. The van der Waals surface area contributed by atoms with Crippen LogP contribution in [0.15, 0.2) is 23.2 Å². The average Bonchev–Trinajstić information content (AvgIpc) is 2.38. The zero-order valence-electron chi connectivity index (χ0n) is 10.2. The summed E-state index contributed by atoms with van der Waals surface area (Å²) in [6.45, 7) is 2.10. The van der Waals surface area contributed by atoms with Gasteiger partial charge in [-0.1, -0.05) is 6.92 Å². The number of nitrogens with one attached hydrogen (secondary N) is 1. The summed E-state index contributed by atoms with van der Waals surface area (Å²) in [5.74, 6) is 5.55. The second-order valence-electron chi connectivity index (χ2n) is 3.65. The van der Waals surface area contributed by atoms with Gasteiger partial charge in [-0.15, -0.1) is 0 Å². The van der Waals surface area contributed by atoms with Crippen molar-refractivity contribution in [1.29, 1.82) is 0 Å². The monoisotopic (exact) mass is 274 g/mol. The van der Waals surface area contributed by atoms with Crippen LogP contribution in [0.4, 0.5) is 5.82 Å². The molecule has 0 fully saturated rings. The van der Waals surface area contributed by atoms with Crippen molar-refractivity contribution < 1.29 is 13.5 Å². The van der Waals surface area contributed by atoms with Crippen LogP contribution < -0.4 is 11.3 Å². The molecule has 0 atom stereocenters. The van der Waals surface area contributed by atoms with Gasteiger partial charge in [-0.2, -0.15) is 4.31 Å². The van der Waals surface area contributed by atoms with Crippen molar-refractivity contribution in [1.82, 2.24) is 9.29 Å². The molecule has 7 nitrogen and oxygen atoms in total. The van der Waals surface area contributed by atoms with Crippen molar-refractivity contribution in [3.63, 3.8) is 0 Å². The first kappa shape index (κ1) is 14.8. The number of hydrogen-bond acceptors (Lipinski definition) is 6. The predicted octanol–water partition coefficient (Wildman–Crippen LogP) is -0.240. The van der Waals surface area contributed by atoms with Crippen molar-refractivity contribution >= 4 is 15.8 Å². The number of anilines is 1. The first-order valence-electron chi connectivity index (χ1n) is 5.60. The van der Waals surface area contributed by atoms with Crippen LogP contribution in [0.1, 0.15) is 13.3 Å². The molecule has 0 aliphatic carbocycles. The standard InChI is InChI=1S/C10H18N4O3S/c1-2-5-14(6-7-15)18(16,17)9-3-4-10(13-11)12-8-9/h3-4,8,15H,2,5-7,11H2,1H3,(H,12,13). The summed E-state index contributed by atoms with van der Waals surface area (Å²) < 4.78 is 25.7. The molecular weight excluding hydrogens is 256 g/mol. The van der Waals surface area contributed by atoms with Crippen LogP contribution in [0, 0.1) is 0 Å². The predicted molar refractivity (Wildman–Crippen MR) is 68.2 cm³/mol. The Morgan fingerprint density at radius 3 is 2.61 bits per heavy atom. The number of rotatable bonds is 7. The van der Waals surface area contributed by atoms with E-state index in [1.807, 2.05) is 6.92 Å². The summed E-state index contributed by atoms with van der Waals surface area (Å²) in [5.41, 5.74) is 2.33. The van der Waals surface area contributed by atoms with E-state index in [9.17, 15) is 8.42 Å². The van der Waals surface area contributed by atoms with Crippen LogP contribution in [0.2, 0.25) is 0 Å². The number of pyridine rings is 1. The molecule has 4 N–H and O–H groups in total. The first-order chi connectivity index (χ1) is 8.56. The largest absolute Gasteiger partial charge is 0.395 e. The van der Waals surface area contributed by atoms with Crippen LogP contribution in [0.3, 0.4) is 0 Å². The summed E-state index contributed by atoms with van der Waals surface area (Å²) >= 11 is 0. The van der Waals surface area contributed by atoms with Gasteiger partial charge < -0.3 is 10.5 Å². The van der Waals surface area contributed by atoms with E-state index >= 15 is 0 Å². The molecule has 0 aromatic carbocycles. The van der Waals surface area contributed by atoms with Gasteiger partial charge in [-0.3, -0.25) is 0 Å². The molecule has 0 aliphatic rings. The van der Waals surface area contributed by atoms with Gasteiger partial charge in [0.1, 0.15) is 10.7 Å². The Bertz CT molecular complexity index is 455. The third-order valence-electron chi connectivity index (χ3n) is 2.34. The van der Waals surface area contributed by atoms with Crippen molar-refractivity contribution in [2.75, 3.05) is 25.1 Å². The highest BCUT2D eigenvalue weighted by atomic mass is 32.2. The maximum atomic E-state index is 12.2. The fourth-order valence-corrected chi connectivity index (χ4v) is 2.95. The number of aliphatic hydroxyl groups excluding tert-OH is 1. The fourth-order valence-electron chi connectivity index (χ4n) is 1.48. The SMILES string of the molecule is CCCN(CCO)S(=O)(=O)c1ccc(NN)nc1. The van der Waals surface area contributed by atoms with Gasteiger partial charge in [0.2, 0.25) is 10.0 Å². The minimum absolute atomic E-state index is 0.0765. The zero-order valence-corrected chi connectivity index (χ0v) is 11.0. The normalized spacial score (nSPS) is 11.8. The minimum Gasteiger partial charge on any atom is -0.395 e. The molecule has 0 amide bonds. The lowest BCUT2D eigenvalue weighted by atomic mass is 10.5. The molecule has 0 bridgehead atoms. The summed E-state index contributed by atoms with van der Waals surface area (Å²) in [5, 5.41) is 8.91. The molecule has 8 heteroatoms. The molecule has 0 radical (unpaired) electrons. The summed E-state index contributed by atoms with van der Waals surface area (Å²) in [4.78, 5) is 3.95. The summed E-state index contributed by atoms with van der Waals surface area (Å²) in [7, 11) is -3.61. The van der Waals surface area contributed by atoms with Crippen LogP contribution in [0.5, 0.6) is 0 Å². The van der Waals surface area contributed by atoms with Gasteiger partial charge in [0, 0.05) is 19.3 Å². The van der Waals surface area contributed by atoms with E-state index in [0.717, 1.165) is 0 Å². The Labute approximate surface area is 107 Å². The molecule has 0 saturated carbocycles. The molecule has 1 heterocycles.